The smallest absolute Gasteiger partial charge is 0.138 e. The van der Waals surface area contributed by atoms with Crippen LogP contribution in [0.25, 0.3) is 10.2 Å². The third-order valence-corrected chi connectivity index (χ3v) is 4.88. The molecule has 0 spiro atoms. The Morgan fingerprint density at radius 3 is 2.95 bits per heavy atom. The van der Waals surface area contributed by atoms with Crippen LogP contribution in [0.3, 0.4) is 0 Å². The molecular weight excluding hydrogens is 258 g/mol. The van der Waals surface area contributed by atoms with Gasteiger partial charge < -0.3 is 10.1 Å². The maximum atomic E-state index is 5.53. The summed E-state index contributed by atoms with van der Waals surface area (Å²) in [7, 11) is 0. The molecule has 1 aliphatic heterocycles. The quantitative estimate of drug-likeness (QED) is 0.935. The summed E-state index contributed by atoms with van der Waals surface area (Å²) in [6.45, 7) is 8.14. The van der Waals surface area contributed by atoms with E-state index in [2.05, 4.69) is 36.1 Å². The molecule has 5 heteroatoms. The minimum Gasteiger partial charge on any atom is -0.376 e. The lowest BCUT2D eigenvalue weighted by atomic mass is 10.1. The van der Waals surface area contributed by atoms with E-state index in [0.717, 1.165) is 30.3 Å². The second-order valence-corrected chi connectivity index (χ2v) is 6.47. The number of thiophene rings is 1. The predicted molar refractivity (Wildman–Crippen MR) is 78.7 cm³/mol. The monoisotopic (exact) mass is 277 g/mol. The van der Waals surface area contributed by atoms with Gasteiger partial charge in [0.15, 0.2) is 0 Å². The fourth-order valence-electron chi connectivity index (χ4n) is 2.25. The SMILES string of the molecule is CC(C)C(C)Nc1ncnc2sc3c(c12)CCOC3. The summed E-state index contributed by atoms with van der Waals surface area (Å²) >= 11 is 1.73. The summed E-state index contributed by atoms with van der Waals surface area (Å²) in [6.07, 6.45) is 2.62. The average molecular weight is 277 g/mol. The van der Waals surface area contributed by atoms with Crippen molar-refractivity contribution in [1.29, 1.82) is 0 Å². The maximum Gasteiger partial charge on any atom is 0.138 e. The van der Waals surface area contributed by atoms with Crippen LogP contribution in [0.1, 0.15) is 31.2 Å². The Morgan fingerprint density at radius 1 is 1.32 bits per heavy atom. The first-order valence-electron chi connectivity index (χ1n) is 6.76. The van der Waals surface area contributed by atoms with Crippen LogP contribution in [0.5, 0.6) is 0 Å². The van der Waals surface area contributed by atoms with Crippen LogP contribution >= 0.6 is 11.3 Å². The molecule has 102 valence electrons. The van der Waals surface area contributed by atoms with Crippen molar-refractivity contribution in [2.45, 2.75) is 39.8 Å². The van der Waals surface area contributed by atoms with Gasteiger partial charge in [-0.1, -0.05) is 13.8 Å². The standard InChI is InChI=1S/C14H19N3OS/c1-8(2)9(3)17-13-12-10-4-5-18-6-11(10)19-14(12)16-7-15-13/h7-9H,4-6H2,1-3H3,(H,15,16,17). The number of hydrogen-bond acceptors (Lipinski definition) is 5. The zero-order chi connectivity index (χ0) is 13.4. The molecule has 0 radical (unpaired) electrons. The van der Waals surface area contributed by atoms with E-state index in [1.165, 1.54) is 15.8 Å². The molecular formula is C14H19N3OS. The molecule has 2 aromatic rings. The van der Waals surface area contributed by atoms with E-state index >= 15 is 0 Å². The van der Waals surface area contributed by atoms with Crippen LogP contribution in [-0.2, 0) is 17.8 Å². The second kappa shape index (κ2) is 5.06. The molecule has 0 saturated carbocycles. The number of aromatic nitrogens is 2. The lowest BCUT2D eigenvalue weighted by Crippen LogP contribution is -2.22. The van der Waals surface area contributed by atoms with Gasteiger partial charge in [-0.05, 0) is 24.8 Å². The zero-order valence-electron chi connectivity index (χ0n) is 11.6. The Balaban J connectivity index is 2.06. The van der Waals surface area contributed by atoms with Gasteiger partial charge in [0.1, 0.15) is 17.0 Å². The number of nitrogens with one attached hydrogen (secondary N) is 1. The van der Waals surface area contributed by atoms with Crippen molar-refractivity contribution in [2.75, 3.05) is 11.9 Å². The van der Waals surface area contributed by atoms with Crippen LogP contribution in [0.2, 0.25) is 0 Å². The van der Waals surface area contributed by atoms with Gasteiger partial charge >= 0.3 is 0 Å². The Morgan fingerprint density at radius 2 is 2.16 bits per heavy atom. The molecule has 0 fully saturated rings. The summed E-state index contributed by atoms with van der Waals surface area (Å²) in [6, 6.07) is 0.397. The van der Waals surface area contributed by atoms with Gasteiger partial charge in [0, 0.05) is 10.9 Å². The lowest BCUT2D eigenvalue weighted by Gasteiger charge is -2.19. The van der Waals surface area contributed by atoms with Crippen molar-refractivity contribution in [3.63, 3.8) is 0 Å². The van der Waals surface area contributed by atoms with E-state index in [9.17, 15) is 0 Å². The average Bonchev–Trinajstić information content (AvgIpc) is 2.77. The van der Waals surface area contributed by atoms with E-state index in [4.69, 9.17) is 4.74 Å². The summed E-state index contributed by atoms with van der Waals surface area (Å²) in [5.74, 6) is 1.55. The first kappa shape index (κ1) is 12.8. The first-order chi connectivity index (χ1) is 9.16. The van der Waals surface area contributed by atoms with Crippen molar-refractivity contribution in [3.8, 4) is 0 Å². The largest absolute Gasteiger partial charge is 0.376 e. The Bertz CT molecular complexity index is 594. The van der Waals surface area contributed by atoms with Gasteiger partial charge in [-0.15, -0.1) is 11.3 Å². The predicted octanol–water partition coefficient (Wildman–Crippen LogP) is 3.22. The molecule has 3 heterocycles. The van der Waals surface area contributed by atoms with Crippen LogP contribution in [0.15, 0.2) is 6.33 Å². The first-order valence-corrected chi connectivity index (χ1v) is 7.58. The molecule has 1 aliphatic rings. The molecule has 19 heavy (non-hydrogen) atoms. The maximum absolute atomic E-state index is 5.53. The van der Waals surface area contributed by atoms with E-state index in [-0.39, 0.29) is 0 Å². The van der Waals surface area contributed by atoms with Gasteiger partial charge in [-0.3, -0.25) is 0 Å². The summed E-state index contributed by atoms with van der Waals surface area (Å²) in [5, 5.41) is 4.74. The van der Waals surface area contributed by atoms with Gasteiger partial charge in [-0.2, -0.15) is 0 Å². The number of hydrogen-bond donors (Lipinski definition) is 1. The molecule has 0 bridgehead atoms. The molecule has 0 aromatic carbocycles. The summed E-state index contributed by atoms with van der Waals surface area (Å²) in [4.78, 5) is 11.2. The molecule has 0 saturated heterocycles. The number of nitrogens with zero attached hydrogens (tertiary/aromatic N) is 2. The van der Waals surface area contributed by atoms with Crippen molar-refractivity contribution < 1.29 is 4.74 Å². The zero-order valence-corrected chi connectivity index (χ0v) is 12.4. The highest BCUT2D eigenvalue weighted by Gasteiger charge is 2.21. The Kier molecular flexibility index (Phi) is 3.41. The minimum atomic E-state index is 0.397. The van der Waals surface area contributed by atoms with Crippen LogP contribution < -0.4 is 5.32 Å². The van der Waals surface area contributed by atoms with Crippen LogP contribution in [-0.4, -0.2) is 22.6 Å². The van der Waals surface area contributed by atoms with E-state index < -0.39 is 0 Å². The summed E-state index contributed by atoms with van der Waals surface area (Å²) < 4.78 is 5.53. The minimum absolute atomic E-state index is 0.397. The lowest BCUT2D eigenvalue weighted by molar-refractivity contribution is 0.114. The third-order valence-electron chi connectivity index (χ3n) is 3.76. The molecule has 2 aromatic heterocycles. The Hall–Kier alpha value is -1.20. The fourth-order valence-corrected chi connectivity index (χ4v) is 3.37. The van der Waals surface area contributed by atoms with E-state index in [0.29, 0.717) is 12.0 Å². The third kappa shape index (κ3) is 2.32. The van der Waals surface area contributed by atoms with Gasteiger partial charge in [0.05, 0.1) is 18.6 Å². The fraction of sp³-hybridized carbons (Fsp3) is 0.571. The highest BCUT2D eigenvalue weighted by Crippen LogP contribution is 2.36. The van der Waals surface area contributed by atoms with E-state index in [1.807, 2.05) is 0 Å². The normalized spacial score (nSPS) is 16.6. The number of anilines is 1. The summed E-state index contributed by atoms with van der Waals surface area (Å²) in [5.41, 5.74) is 1.38. The molecule has 1 unspecified atom stereocenters. The topological polar surface area (TPSA) is 47.0 Å². The second-order valence-electron chi connectivity index (χ2n) is 5.39. The van der Waals surface area contributed by atoms with Crippen molar-refractivity contribution in [3.05, 3.63) is 16.8 Å². The molecule has 1 N–H and O–H groups in total. The van der Waals surface area contributed by atoms with Gasteiger partial charge in [-0.25, -0.2) is 9.97 Å². The number of fused-ring (bicyclic) bond motifs is 3. The molecule has 1 atom stereocenters. The van der Waals surface area contributed by atoms with Crippen molar-refractivity contribution in [1.82, 2.24) is 9.97 Å². The van der Waals surface area contributed by atoms with Crippen LogP contribution in [0, 0.1) is 5.92 Å². The van der Waals surface area contributed by atoms with Crippen molar-refractivity contribution >= 4 is 27.4 Å². The number of rotatable bonds is 3. The molecule has 0 aliphatic carbocycles. The molecule has 0 amide bonds. The highest BCUT2D eigenvalue weighted by molar-refractivity contribution is 7.18. The molecule has 4 nitrogen and oxygen atoms in total. The van der Waals surface area contributed by atoms with Crippen molar-refractivity contribution in [2.24, 2.45) is 5.92 Å². The highest BCUT2D eigenvalue weighted by atomic mass is 32.1. The van der Waals surface area contributed by atoms with Gasteiger partial charge in [0.2, 0.25) is 0 Å². The van der Waals surface area contributed by atoms with E-state index in [1.54, 1.807) is 17.7 Å². The van der Waals surface area contributed by atoms with Gasteiger partial charge in [0.25, 0.3) is 0 Å². The Labute approximate surface area is 117 Å². The molecule has 3 rings (SSSR count). The number of ether oxygens (including phenoxy) is 1. The van der Waals surface area contributed by atoms with Crippen LogP contribution in [0.4, 0.5) is 5.82 Å².